The topological polar surface area (TPSA) is 91.6 Å². The van der Waals surface area contributed by atoms with E-state index in [1.165, 1.54) is 29.2 Å². The number of fused-ring (bicyclic) bond motifs is 1. The highest BCUT2D eigenvalue weighted by molar-refractivity contribution is 5.82. The Balaban J connectivity index is 1.36. The highest BCUT2D eigenvalue weighted by Crippen LogP contribution is 2.41. The van der Waals surface area contributed by atoms with Crippen molar-refractivity contribution in [3.05, 3.63) is 91.9 Å². The lowest BCUT2D eigenvalue weighted by atomic mass is 9.86. The lowest BCUT2D eigenvalue weighted by Gasteiger charge is -2.34. The van der Waals surface area contributed by atoms with E-state index in [0.717, 1.165) is 53.6 Å². The number of hydrogen-bond donors (Lipinski definition) is 2. The largest absolute Gasteiger partial charge is 0.481 e. The summed E-state index contributed by atoms with van der Waals surface area (Å²) in [4.78, 5) is 42.4. The van der Waals surface area contributed by atoms with Crippen molar-refractivity contribution < 1.29 is 27.9 Å². The Morgan fingerprint density at radius 3 is 2.29 bits per heavy atom. The van der Waals surface area contributed by atoms with Gasteiger partial charge in [-0.1, -0.05) is 38.1 Å². The molecule has 0 unspecified atom stereocenters. The Labute approximate surface area is 298 Å². The van der Waals surface area contributed by atoms with Crippen LogP contribution in [0.5, 0.6) is 0 Å². The standard InChI is InChI=1S/C41H50F3N3O4/c1-24(2)17-36(47-23-33(34(20-37(47)48)41(42,43)44)28-13-15-46(16-14-28)22-27-11-12-27)40(51)45-35(21-38(49)50)30-18-29-9-6-10-31(29)32(19-30)39-25(3)7-5-8-26(39)4/h5,7-8,18-20,23-24,27-28,35-36H,6,9-17,21-22H2,1-4H3,(H,45,51)(H,49,50)/t35-,36+/m1/s1. The van der Waals surface area contributed by atoms with Crippen LogP contribution in [0, 0.1) is 25.7 Å². The molecule has 1 saturated carbocycles. The van der Waals surface area contributed by atoms with Gasteiger partial charge < -0.3 is 19.9 Å². The molecule has 10 heteroatoms. The number of aryl methyl sites for hydroxylation is 3. The predicted octanol–water partition coefficient (Wildman–Crippen LogP) is 8.15. The summed E-state index contributed by atoms with van der Waals surface area (Å²) >= 11 is 0. The SMILES string of the molecule is Cc1cccc(C)c1-c1cc([C@@H](CC(=O)O)NC(=O)[C@H](CC(C)C)n2cc(C3CCN(CC4CC4)CC3)c(C(F)(F)F)cc2=O)cc2c1CCC2. The molecule has 0 radical (unpaired) electrons. The summed E-state index contributed by atoms with van der Waals surface area (Å²) < 4.78 is 44.5. The number of rotatable bonds is 12. The maximum atomic E-state index is 14.4. The van der Waals surface area contributed by atoms with Crippen molar-refractivity contribution in [3.63, 3.8) is 0 Å². The number of nitrogens with zero attached hydrogens (tertiary/aromatic N) is 2. The van der Waals surface area contributed by atoms with Crippen LogP contribution in [0.3, 0.4) is 0 Å². The zero-order chi connectivity index (χ0) is 36.6. The molecular weight excluding hydrogens is 655 g/mol. The molecule has 1 saturated heterocycles. The van der Waals surface area contributed by atoms with E-state index >= 15 is 0 Å². The van der Waals surface area contributed by atoms with Gasteiger partial charge in [-0.25, -0.2) is 0 Å². The molecule has 2 heterocycles. The summed E-state index contributed by atoms with van der Waals surface area (Å²) in [5.41, 5.74) is 5.56. The van der Waals surface area contributed by atoms with E-state index < -0.39 is 53.6 Å². The number of piperidine rings is 1. The molecular formula is C41H50F3N3O4. The Kier molecular flexibility index (Phi) is 10.8. The van der Waals surface area contributed by atoms with Crippen molar-refractivity contribution in [1.82, 2.24) is 14.8 Å². The van der Waals surface area contributed by atoms with Gasteiger partial charge in [-0.15, -0.1) is 0 Å². The zero-order valence-corrected chi connectivity index (χ0v) is 30.1. The fourth-order valence-electron chi connectivity index (χ4n) is 8.35. The molecule has 3 aliphatic rings. The molecule has 2 N–H and O–H groups in total. The van der Waals surface area contributed by atoms with E-state index in [1.807, 2.05) is 32.0 Å². The number of halogens is 3. The first-order valence-electron chi connectivity index (χ1n) is 18.5. The monoisotopic (exact) mass is 705 g/mol. The van der Waals surface area contributed by atoms with E-state index in [4.69, 9.17) is 0 Å². The Bertz CT molecular complexity index is 1820. The summed E-state index contributed by atoms with van der Waals surface area (Å²) in [5, 5.41) is 13.0. The third-order valence-corrected chi connectivity index (χ3v) is 11.1. The third-order valence-electron chi connectivity index (χ3n) is 11.1. The van der Waals surface area contributed by atoms with Crippen LogP contribution in [0.2, 0.25) is 0 Å². The molecule has 2 aliphatic carbocycles. The summed E-state index contributed by atoms with van der Waals surface area (Å²) in [7, 11) is 0. The molecule has 0 bridgehead atoms. The van der Waals surface area contributed by atoms with E-state index in [2.05, 4.69) is 36.2 Å². The summed E-state index contributed by atoms with van der Waals surface area (Å²) in [6, 6.07) is 8.70. The second-order valence-corrected chi connectivity index (χ2v) is 15.5. The van der Waals surface area contributed by atoms with Gasteiger partial charge in [0, 0.05) is 18.8 Å². The molecule has 274 valence electrons. The minimum Gasteiger partial charge on any atom is -0.481 e. The van der Waals surface area contributed by atoms with Crippen molar-refractivity contribution in [2.45, 2.75) is 110 Å². The van der Waals surface area contributed by atoms with Gasteiger partial charge in [0.1, 0.15) is 6.04 Å². The third kappa shape index (κ3) is 8.43. The lowest BCUT2D eigenvalue weighted by Crippen LogP contribution is -2.41. The molecule has 2 atom stereocenters. The smallest absolute Gasteiger partial charge is 0.416 e. The molecule has 7 nitrogen and oxygen atoms in total. The van der Waals surface area contributed by atoms with Gasteiger partial charge in [-0.3, -0.25) is 14.4 Å². The molecule has 1 aromatic heterocycles. The molecule has 2 fully saturated rings. The Morgan fingerprint density at radius 2 is 1.69 bits per heavy atom. The Morgan fingerprint density at radius 1 is 1.00 bits per heavy atom. The number of aromatic nitrogens is 1. The van der Waals surface area contributed by atoms with Gasteiger partial charge in [0.2, 0.25) is 5.91 Å². The van der Waals surface area contributed by atoms with Crippen molar-refractivity contribution in [3.8, 4) is 11.1 Å². The number of amides is 1. The van der Waals surface area contributed by atoms with Crippen LogP contribution >= 0.6 is 0 Å². The average molecular weight is 706 g/mol. The lowest BCUT2D eigenvalue weighted by molar-refractivity contribution is -0.139. The van der Waals surface area contributed by atoms with Gasteiger partial charge in [0.15, 0.2) is 0 Å². The number of pyridine rings is 1. The fourth-order valence-corrected chi connectivity index (χ4v) is 8.35. The first-order chi connectivity index (χ1) is 24.2. The van der Waals surface area contributed by atoms with E-state index in [-0.39, 0.29) is 17.9 Å². The number of aliphatic carboxylic acids is 1. The zero-order valence-electron chi connectivity index (χ0n) is 30.1. The highest BCUT2D eigenvalue weighted by atomic mass is 19.4. The van der Waals surface area contributed by atoms with E-state index in [1.54, 1.807) is 0 Å². The predicted molar refractivity (Wildman–Crippen MR) is 192 cm³/mol. The number of benzene rings is 2. The number of likely N-dealkylation sites (tertiary alicyclic amines) is 1. The number of hydrogen-bond acceptors (Lipinski definition) is 4. The van der Waals surface area contributed by atoms with Crippen LogP contribution in [0.1, 0.15) is 116 Å². The normalized spacial score (nSPS) is 18.1. The maximum Gasteiger partial charge on any atom is 0.416 e. The second kappa shape index (κ2) is 15.0. The number of carboxylic acids is 1. The van der Waals surface area contributed by atoms with Crippen molar-refractivity contribution in [2.75, 3.05) is 19.6 Å². The van der Waals surface area contributed by atoms with Crippen molar-refractivity contribution in [2.24, 2.45) is 11.8 Å². The molecule has 51 heavy (non-hydrogen) atoms. The van der Waals surface area contributed by atoms with E-state index in [0.29, 0.717) is 43.5 Å². The van der Waals surface area contributed by atoms with Gasteiger partial charge in [0.05, 0.1) is 18.0 Å². The minimum absolute atomic E-state index is 0.0497. The highest BCUT2D eigenvalue weighted by Gasteiger charge is 2.39. The summed E-state index contributed by atoms with van der Waals surface area (Å²) in [6.07, 6.45) is 2.56. The van der Waals surface area contributed by atoms with Gasteiger partial charge in [-0.2, -0.15) is 13.2 Å². The van der Waals surface area contributed by atoms with E-state index in [9.17, 15) is 32.7 Å². The fraction of sp³-hybridized carbons (Fsp3) is 0.537. The van der Waals surface area contributed by atoms with Crippen LogP contribution < -0.4 is 10.9 Å². The molecule has 1 amide bonds. The molecule has 1 aliphatic heterocycles. The number of carbonyl (C=O) groups is 2. The van der Waals surface area contributed by atoms with Gasteiger partial charge in [0.25, 0.3) is 5.56 Å². The quantitative estimate of drug-likeness (QED) is 0.199. The van der Waals surface area contributed by atoms with Crippen LogP contribution in [0.25, 0.3) is 11.1 Å². The second-order valence-electron chi connectivity index (χ2n) is 15.5. The van der Waals surface area contributed by atoms with Crippen LogP contribution in [0.4, 0.5) is 13.2 Å². The van der Waals surface area contributed by atoms with Crippen LogP contribution in [0.15, 0.2) is 47.4 Å². The number of nitrogens with one attached hydrogen (secondary N) is 1. The van der Waals surface area contributed by atoms with Crippen LogP contribution in [-0.2, 0) is 28.6 Å². The van der Waals surface area contributed by atoms with Gasteiger partial charge in [-0.05, 0) is 147 Å². The summed E-state index contributed by atoms with van der Waals surface area (Å²) in [6.45, 7) is 10.2. The maximum absolute atomic E-state index is 14.4. The minimum atomic E-state index is -4.72. The molecule has 6 rings (SSSR count). The molecule has 3 aromatic rings. The molecule has 0 spiro atoms. The molecule has 2 aromatic carbocycles. The number of carbonyl (C=O) groups excluding carboxylic acids is 1. The van der Waals surface area contributed by atoms with Crippen molar-refractivity contribution in [1.29, 1.82) is 0 Å². The average Bonchev–Trinajstić information content (AvgIpc) is 3.74. The number of alkyl halides is 3. The van der Waals surface area contributed by atoms with Crippen molar-refractivity contribution >= 4 is 11.9 Å². The Hall–Kier alpha value is -3.92. The van der Waals surface area contributed by atoms with Gasteiger partial charge >= 0.3 is 12.1 Å². The first-order valence-corrected chi connectivity index (χ1v) is 18.5. The first kappa shape index (κ1) is 36.9. The number of carboxylic acid groups (broad SMARTS) is 1. The summed E-state index contributed by atoms with van der Waals surface area (Å²) in [5.74, 6) is -1.49. The van der Waals surface area contributed by atoms with Crippen LogP contribution in [-0.4, -0.2) is 46.1 Å².